The fraction of sp³-hybridized carbons (Fsp3) is 0.533. The Morgan fingerprint density at radius 1 is 1.48 bits per heavy atom. The molecule has 0 unspecified atom stereocenters. The molecule has 0 aliphatic rings. The van der Waals surface area contributed by atoms with Crippen LogP contribution in [-0.4, -0.2) is 22.2 Å². The number of halogens is 3. The minimum atomic E-state index is -4.60. The van der Waals surface area contributed by atoms with Gasteiger partial charge in [-0.2, -0.15) is 18.4 Å². The number of thioether (sulfide) groups is 1. The predicted octanol–water partition coefficient (Wildman–Crippen LogP) is 3.68. The van der Waals surface area contributed by atoms with Gasteiger partial charge in [0.05, 0.1) is 10.8 Å². The Labute approximate surface area is 137 Å². The number of amides is 1. The molecule has 0 bridgehead atoms. The molecule has 23 heavy (non-hydrogen) atoms. The lowest BCUT2D eigenvalue weighted by molar-refractivity contribution is -0.141. The fourth-order valence-electron chi connectivity index (χ4n) is 1.84. The van der Waals surface area contributed by atoms with Gasteiger partial charge < -0.3 is 5.32 Å². The van der Waals surface area contributed by atoms with Gasteiger partial charge in [0.25, 0.3) is 0 Å². The first-order chi connectivity index (χ1) is 10.6. The van der Waals surface area contributed by atoms with Crippen molar-refractivity contribution in [2.45, 2.75) is 56.6 Å². The molecule has 0 saturated heterocycles. The zero-order chi connectivity index (χ0) is 17.8. The van der Waals surface area contributed by atoms with Crippen LogP contribution in [0.15, 0.2) is 11.1 Å². The molecular formula is C15H18F3N3OS. The van der Waals surface area contributed by atoms with E-state index in [4.69, 9.17) is 0 Å². The second kappa shape index (κ2) is 7.68. The Hall–Kier alpha value is -1.75. The first-order valence-electron chi connectivity index (χ1n) is 7.06. The maximum Gasteiger partial charge on any atom is 0.433 e. The van der Waals surface area contributed by atoms with Crippen molar-refractivity contribution in [2.24, 2.45) is 0 Å². The van der Waals surface area contributed by atoms with E-state index in [0.717, 1.165) is 17.8 Å². The standard InChI is InChI=1S/C15H18F3N3OS/c1-5-11(13(22)20-8(2)3)23-14-10(7-19)9(4)6-12(21-14)15(16,17)18/h6,8,11H,5H2,1-4H3,(H,20,22)/t11-/m1/s1. The number of nitriles is 1. The highest BCUT2D eigenvalue weighted by Crippen LogP contribution is 2.34. The predicted molar refractivity (Wildman–Crippen MR) is 81.9 cm³/mol. The molecule has 1 heterocycles. The molecule has 0 radical (unpaired) electrons. The van der Waals surface area contributed by atoms with Gasteiger partial charge in [-0.3, -0.25) is 4.79 Å². The monoisotopic (exact) mass is 345 g/mol. The summed E-state index contributed by atoms with van der Waals surface area (Å²) >= 11 is 0.889. The number of carbonyl (C=O) groups excluding carboxylic acids is 1. The number of aromatic nitrogens is 1. The quantitative estimate of drug-likeness (QED) is 0.827. The van der Waals surface area contributed by atoms with Crippen LogP contribution >= 0.6 is 11.8 Å². The number of carbonyl (C=O) groups is 1. The van der Waals surface area contributed by atoms with Crippen molar-refractivity contribution in [3.8, 4) is 6.07 Å². The number of aryl methyl sites for hydroxylation is 1. The molecule has 0 aliphatic carbocycles. The highest BCUT2D eigenvalue weighted by Gasteiger charge is 2.34. The van der Waals surface area contributed by atoms with E-state index in [1.165, 1.54) is 6.92 Å². The molecule has 1 rings (SSSR count). The summed E-state index contributed by atoms with van der Waals surface area (Å²) in [6.45, 7) is 6.77. The Morgan fingerprint density at radius 3 is 2.52 bits per heavy atom. The van der Waals surface area contributed by atoms with Crippen molar-refractivity contribution in [3.05, 3.63) is 22.9 Å². The number of hydrogen-bond donors (Lipinski definition) is 1. The van der Waals surface area contributed by atoms with Crippen molar-refractivity contribution >= 4 is 17.7 Å². The molecule has 0 aliphatic heterocycles. The summed E-state index contributed by atoms with van der Waals surface area (Å²) in [6, 6.07) is 2.63. The SMILES string of the molecule is CC[C@@H](Sc1nc(C(F)(F)F)cc(C)c1C#N)C(=O)NC(C)C. The van der Waals surface area contributed by atoms with Gasteiger partial charge in [0.1, 0.15) is 16.8 Å². The van der Waals surface area contributed by atoms with Crippen LogP contribution in [0.25, 0.3) is 0 Å². The Kier molecular flexibility index (Phi) is 6.45. The van der Waals surface area contributed by atoms with Crippen LogP contribution in [0.2, 0.25) is 0 Å². The summed E-state index contributed by atoms with van der Waals surface area (Å²) in [5.41, 5.74) is -0.800. The smallest absolute Gasteiger partial charge is 0.353 e. The van der Waals surface area contributed by atoms with Gasteiger partial charge in [0.2, 0.25) is 5.91 Å². The first-order valence-corrected chi connectivity index (χ1v) is 7.94. The first kappa shape index (κ1) is 19.3. The third-order valence-corrected chi connectivity index (χ3v) is 4.28. The number of nitrogens with one attached hydrogen (secondary N) is 1. The Morgan fingerprint density at radius 2 is 2.09 bits per heavy atom. The third kappa shape index (κ3) is 5.13. The number of hydrogen-bond acceptors (Lipinski definition) is 4. The molecule has 1 amide bonds. The molecule has 0 saturated carbocycles. The van der Waals surface area contributed by atoms with E-state index >= 15 is 0 Å². The van der Waals surface area contributed by atoms with Gasteiger partial charge >= 0.3 is 6.18 Å². The Bertz CT molecular complexity index is 624. The van der Waals surface area contributed by atoms with Crippen LogP contribution in [0.1, 0.15) is 44.0 Å². The molecule has 8 heteroatoms. The largest absolute Gasteiger partial charge is 0.433 e. The van der Waals surface area contributed by atoms with Crippen molar-refractivity contribution in [3.63, 3.8) is 0 Å². The van der Waals surface area contributed by atoms with Crippen molar-refractivity contribution in [2.75, 3.05) is 0 Å². The van der Waals surface area contributed by atoms with Crippen LogP contribution in [0.5, 0.6) is 0 Å². The second-order valence-corrected chi connectivity index (χ2v) is 6.48. The van der Waals surface area contributed by atoms with Gasteiger partial charge in [-0.15, -0.1) is 0 Å². The number of pyridine rings is 1. The van der Waals surface area contributed by atoms with Crippen LogP contribution < -0.4 is 5.32 Å². The molecule has 0 fully saturated rings. The highest BCUT2D eigenvalue weighted by molar-refractivity contribution is 8.00. The van der Waals surface area contributed by atoms with Gasteiger partial charge in [-0.1, -0.05) is 18.7 Å². The van der Waals surface area contributed by atoms with Crippen molar-refractivity contribution in [1.29, 1.82) is 5.26 Å². The molecule has 1 atom stereocenters. The van der Waals surface area contributed by atoms with Gasteiger partial charge in [0, 0.05) is 6.04 Å². The molecule has 0 aromatic carbocycles. The molecule has 1 aromatic rings. The number of rotatable bonds is 5. The zero-order valence-corrected chi connectivity index (χ0v) is 14.1. The minimum absolute atomic E-state index is 0.0643. The average molecular weight is 345 g/mol. The van der Waals surface area contributed by atoms with Gasteiger partial charge in [-0.25, -0.2) is 4.98 Å². The lowest BCUT2D eigenvalue weighted by Crippen LogP contribution is -2.37. The Balaban J connectivity index is 3.22. The lowest BCUT2D eigenvalue weighted by atomic mass is 10.1. The minimum Gasteiger partial charge on any atom is -0.353 e. The summed E-state index contributed by atoms with van der Waals surface area (Å²) in [7, 11) is 0. The molecule has 4 nitrogen and oxygen atoms in total. The summed E-state index contributed by atoms with van der Waals surface area (Å²) in [6.07, 6.45) is -4.19. The molecule has 1 N–H and O–H groups in total. The van der Waals surface area contributed by atoms with Gasteiger partial charge in [0.15, 0.2) is 0 Å². The highest BCUT2D eigenvalue weighted by atomic mass is 32.2. The topological polar surface area (TPSA) is 65.8 Å². The molecule has 126 valence electrons. The maximum atomic E-state index is 12.9. The normalized spacial score (nSPS) is 12.8. The summed E-state index contributed by atoms with van der Waals surface area (Å²) < 4.78 is 38.7. The van der Waals surface area contributed by atoms with E-state index in [1.807, 2.05) is 6.07 Å². The summed E-state index contributed by atoms with van der Waals surface area (Å²) in [4.78, 5) is 15.7. The van der Waals surface area contributed by atoms with Crippen LogP contribution in [0, 0.1) is 18.3 Å². The fourth-order valence-corrected chi connectivity index (χ4v) is 2.93. The number of nitrogens with zero attached hydrogens (tertiary/aromatic N) is 2. The van der Waals surface area contributed by atoms with Crippen LogP contribution in [-0.2, 0) is 11.0 Å². The van der Waals surface area contributed by atoms with Crippen LogP contribution in [0.3, 0.4) is 0 Å². The van der Waals surface area contributed by atoms with E-state index in [0.29, 0.717) is 6.42 Å². The van der Waals surface area contributed by atoms with E-state index in [-0.39, 0.29) is 28.1 Å². The maximum absolute atomic E-state index is 12.9. The summed E-state index contributed by atoms with van der Waals surface area (Å²) in [5, 5.41) is 11.2. The van der Waals surface area contributed by atoms with Gasteiger partial charge in [-0.05, 0) is 38.8 Å². The van der Waals surface area contributed by atoms with Crippen molar-refractivity contribution in [1.82, 2.24) is 10.3 Å². The third-order valence-electron chi connectivity index (χ3n) is 2.93. The molecular weight excluding hydrogens is 327 g/mol. The van der Waals surface area contributed by atoms with E-state index in [1.54, 1.807) is 20.8 Å². The summed E-state index contributed by atoms with van der Waals surface area (Å²) in [5.74, 6) is -0.284. The average Bonchev–Trinajstić information content (AvgIpc) is 2.42. The van der Waals surface area contributed by atoms with E-state index in [2.05, 4.69) is 10.3 Å². The number of alkyl halides is 3. The molecule has 1 aromatic heterocycles. The van der Waals surface area contributed by atoms with E-state index < -0.39 is 17.1 Å². The van der Waals surface area contributed by atoms with Crippen molar-refractivity contribution < 1.29 is 18.0 Å². The second-order valence-electron chi connectivity index (χ2n) is 5.29. The zero-order valence-electron chi connectivity index (χ0n) is 13.3. The van der Waals surface area contributed by atoms with Crippen LogP contribution in [0.4, 0.5) is 13.2 Å². The lowest BCUT2D eigenvalue weighted by Gasteiger charge is -2.18. The molecule has 0 spiro atoms. The van der Waals surface area contributed by atoms with E-state index in [9.17, 15) is 23.2 Å².